The molecule has 0 atom stereocenters. The zero-order valence-corrected chi connectivity index (χ0v) is 10.8. The molecule has 0 aliphatic heterocycles. The number of benzene rings is 1. The highest BCUT2D eigenvalue weighted by Gasteiger charge is 2.19. The van der Waals surface area contributed by atoms with E-state index in [9.17, 15) is 8.78 Å². The smallest absolute Gasteiger partial charge is 0.129 e. The van der Waals surface area contributed by atoms with E-state index in [2.05, 4.69) is 10.2 Å². The Kier molecular flexibility index (Phi) is 4.66. The molecule has 1 aromatic carbocycles. The van der Waals surface area contributed by atoms with Gasteiger partial charge in [0.25, 0.3) is 0 Å². The van der Waals surface area contributed by atoms with E-state index < -0.39 is 11.6 Å². The molecule has 0 heterocycles. The first kappa shape index (κ1) is 13.4. The van der Waals surface area contributed by atoms with Gasteiger partial charge in [0.2, 0.25) is 0 Å². The molecule has 18 heavy (non-hydrogen) atoms. The monoisotopic (exact) mass is 254 g/mol. The quantitative estimate of drug-likeness (QED) is 0.802. The van der Waals surface area contributed by atoms with Crippen molar-refractivity contribution in [1.82, 2.24) is 10.2 Å². The lowest BCUT2D eigenvalue weighted by molar-refractivity contribution is 0.333. The van der Waals surface area contributed by atoms with Gasteiger partial charge in [0.05, 0.1) is 0 Å². The highest BCUT2D eigenvalue weighted by atomic mass is 19.1. The van der Waals surface area contributed by atoms with Gasteiger partial charge in [-0.05, 0) is 37.9 Å². The maximum atomic E-state index is 13.4. The Morgan fingerprint density at radius 1 is 1.28 bits per heavy atom. The van der Waals surface area contributed by atoms with E-state index in [-0.39, 0.29) is 0 Å². The number of hydrogen-bond donors (Lipinski definition) is 1. The fourth-order valence-corrected chi connectivity index (χ4v) is 1.89. The van der Waals surface area contributed by atoms with E-state index in [1.54, 1.807) is 0 Å². The molecule has 100 valence electrons. The van der Waals surface area contributed by atoms with Crippen LogP contribution in [-0.2, 0) is 6.42 Å². The van der Waals surface area contributed by atoms with Crippen LogP contribution in [0.3, 0.4) is 0 Å². The first-order valence-corrected chi connectivity index (χ1v) is 6.51. The van der Waals surface area contributed by atoms with Crippen LogP contribution in [-0.4, -0.2) is 37.6 Å². The highest BCUT2D eigenvalue weighted by molar-refractivity contribution is 5.18. The Morgan fingerprint density at radius 2 is 2.06 bits per heavy atom. The van der Waals surface area contributed by atoms with Crippen molar-refractivity contribution in [3.8, 4) is 0 Å². The molecule has 2 rings (SSSR count). The van der Waals surface area contributed by atoms with Gasteiger partial charge in [-0.15, -0.1) is 0 Å². The summed E-state index contributed by atoms with van der Waals surface area (Å²) in [6.07, 6.45) is 3.21. The van der Waals surface area contributed by atoms with Gasteiger partial charge in [-0.2, -0.15) is 0 Å². The summed E-state index contributed by atoms with van der Waals surface area (Å²) in [6.45, 7) is 2.72. The summed E-state index contributed by atoms with van der Waals surface area (Å²) >= 11 is 0. The van der Waals surface area contributed by atoms with Crippen molar-refractivity contribution in [2.45, 2.75) is 25.3 Å². The number of nitrogens with one attached hydrogen (secondary N) is 1. The van der Waals surface area contributed by atoms with E-state index in [4.69, 9.17) is 0 Å². The predicted octanol–water partition coefficient (Wildman–Crippen LogP) is 2.19. The minimum Gasteiger partial charge on any atom is -0.313 e. The third-order valence-electron chi connectivity index (χ3n) is 3.28. The van der Waals surface area contributed by atoms with Crippen molar-refractivity contribution in [3.63, 3.8) is 0 Å². The summed E-state index contributed by atoms with van der Waals surface area (Å²) in [5, 5.41) is 3.44. The number of nitrogens with zero attached hydrogens (tertiary/aromatic N) is 1. The lowest BCUT2D eigenvalue weighted by atomic mass is 10.1. The Morgan fingerprint density at radius 3 is 2.72 bits per heavy atom. The van der Waals surface area contributed by atoms with Gasteiger partial charge in [0.1, 0.15) is 11.6 Å². The number of rotatable bonds is 7. The fourth-order valence-electron chi connectivity index (χ4n) is 1.89. The largest absolute Gasteiger partial charge is 0.313 e. The van der Waals surface area contributed by atoms with Crippen molar-refractivity contribution in [3.05, 3.63) is 35.4 Å². The molecule has 0 amide bonds. The molecule has 1 aliphatic rings. The first-order valence-electron chi connectivity index (χ1n) is 6.51. The number of likely N-dealkylation sites (N-methyl/N-ethyl adjacent to an activating group) is 1. The molecule has 0 aromatic heterocycles. The Labute approximate surface area is 107 Å². The van der Waals surface area contributed by atoms with Crippen molar-refractivity contribution in [2.24, 2.45) is 0 Å². The number of halogens is 2. The highest BCUT2D eigenvalue weighted by Crippen LogP contribution is 2.18. The van der Waals surface area contributed by atoms with Gasteiger partial charge in [-0.25, -0.2) is 8.78 Å². The summed E-state index contributed by atoms with van der Waals surface area (Å²) in [4.78, 5) is 2.16. The molecule has 1 saturated carbocycles. The van der Waals surface area contributed by atoms with Gasteiger partial charge < -0.3 is 10.2 Å². The summed E-state index contributed by atoms with van der Waals surface area (Å²) in [7, 11) is 2.02. The van der Waals surface area contributed by atoms with Gasteiger partial charge in [0.15, 0.2) is 0 Å². The molecular weight excluding hydrogens is 234 g/mol. The summed E-state index contributed by atoms with van der Waals surface area (Å²) < 4.78 is 26.1. The Hall–Kier alpha value is -1.00. The van der Waals surface area contributed by atoms with Crippen LogP contribution >= 0.6 is 0 Å². The standard InChI is InChI=1S/C14H20F2N2/c1-18(9-7-17-13-4-5-13)8-6-11-2-3-12(15)10-14(11)16/h2-3,10,13,17H,4-9H2,1H3. The minimum atomic E-state index is -0.516. The predicted molar refractivity (Wildman–Crippen MR) is 68.6 cm³/mol. The van der Waals surface area contributed by atoms with Crippen molar-refractivity contribution < 1.29 is 8.78 Å². The maximum absolute atomic E-state index is 13.4. The minimum absolute atomic E-state index is 0.445. The van der Waals surface area contributed by atoms with Crippen LogP contribution in [0.1, 0.15) is 18.4 Å². The first-order chi connectivity index (χ1) is 8.65. The third-order valence-corrected chi connectivity index (χ3v) is 3.28. The van der Waals surface area contributed by atoms with E-state index in [0.717, 1.165) is 31.7 Å². The lowest BCUT2D eigenvalue weighted by Gasteiger charge is -2.17. The van der Waals surface area contributed by atoms with Crippen LogP contribution in [0, 0.1) is 11.6 Å². The molecule has 2 nitrogen and oxygen atoms in total. The van der Waals surface area contributed by atoms with Gasteiger partial charge in [-0.1, -0.05) is 6.07 Å². The SMILES string of the molecule is CN(CCNC1CC1)CCc1ccc(F)cc1F. The molecule has 0 radical (unpaired) electrons. The van der Waals surface area contributed by atoms with Gasteiger partial charge in [0, 0.05) is 31.7 Å². The van der Waals surface area contributed by atoms with E-state index >= 15 is 0 Å². The van der Waals surface area contributed by atoms with Crippen LogP contribution in [0.15, 0.2) is 18.2 Å². The van der Waals surface area contributed by atoms with Crippen molar-refractivity contribution >= 4 is 0 Å². The zero-order valence-electron chi connectivity index (χ0n) is 10.8. The third kappa shape index (κ3) is 4.35. The second kappa shape index (κ2) is 6.25. The molecule has 4 heteroatoms. The molecule has 1 aliphatic carbocycles. The molecule has 1 aromatic rings. The molecule has 0 saturated heterocycles. The molecule has 0 unspecified atom stereocenters. The van der Waals surface area contributed by atoms with Crippen LogP contribution < -0.4 is 5.32 Å². The van der Waals surface area contributed by atoms with E-state index in [0.29, 0.717) is 12.0 Å². The molecular formula is C14H20F2N2. The second-order valence-corrected chi connectivity index (χ2v) is 5.02. The van der Waals surface area contributed by atoms with Crippen molar-refractivity contribution in [1.29, 1.82) is 0 Å². The van der Waals surface area contributed by atoms with Crippen LogP contribution in [0.4, 0.5) is 8.78 Å². The van der Waals surface area contributed by atoms with E-state index in [1.807, 2.05) is 7.05 Å². The topological polar surface area (TPSA) is 15.3 Å². The maximum Gasteiger partial charge on any atom is 0.129 e. The number of hydrogen-bond acceptors (Lipinski definition) is 2. The summed E-state index contributed by atoms with van der Waals surface area (Å²) in [5.74, 6) is -0.960. The lowest BCUT2D eigenvalue weighted by Crippen LogP contribution is -2.31. The van der Waals surface area contributed by atoms with Crippen LogP contribution in [0.5, 0.6) is 0 Å². The summed E-state index contributed by atoms with van der Waals surface area (Å²) in [6, 6.07) is 4.52. The average molecular weight is 254 g/mol. The summed E-state index contributed by atoms with van der Waals surface area (Å²) in [5.41, 5.74) is 0.582. The normalized spacial score (nSPS) is 15.3. The molecule has 1 N–H and O–H groups in total. The molecule has 1 fully saturated rings. The second-order valence-electron chi connectivity index (χ2n) is 5.02. The Balaban J connectivity index is 1.68. The van der Waals surface area contributed by atoms with Crippen LogP contribution in [0.25, 0.3) is 0 Å². The average Bonchev–Trinajstić information content (AvgIpc) is 3.12. The van der Waals surface area contributed by atoms with E-state index in [1.165, 1.54) is 25.0 Å². The zero-order chi connectivity index (χ0) is 13.0. The molecule has 0 bridgehead atoms. The van der Waals surface area contributed by atoms with Crippen LogP contribution in [0.2, 0.25) is 0 Å². The fraction of sp³-hybridized carbons (Fsp3) is 0.571. The molecule has 0 spiro atoms. The van der Waals surface area contributed by atoms with Gasteiger partial charge >= 0.3 is 0 Å². The van der Waals surface area contributed by atoms with Gasteiger partial charge in [-0.3, -0.25) is 0 Å². The Bertz CT molecular complexity index is 391. The van der Waals surface area contributed by atoms with Crippen molar-refractivity contribution in [2.75, 3.05) is 26.7 Å².